The van der Waals surface area contributed by atoms with E-state index in [1.807, 2.05) is 0 Å². The Kier molecular flexibility index (Phi) is 4.02. The first-order valence-corrected chi connectivity index (χ1v) is 10.1. The molecule has 5 rings (SSSR count). The molecule has 0 aliphatic heterocycles. The molecule has 1 aliphatic carbocycles. The second-order valence-electron chi connectivity index (χ2n) is 6.97. The minimum atomic E-state index is -0.569. The lowest BCUT2D eigenvalue weighted by Crippen LogP contribution is -2.18. The number of fused-ring (bicyclic) bond motifs is 3. The van der Waals surface area contributed by atoms with Crippen molar-refractivity contribution in [1.29, 1.82) is 0 Å². The lowest BCUT2D eigenvalue weighted by molar-refractivity contribution is 0.0997. The van der Waals surface area contributed by atoms with Crippen molar-refractivity contribution in [3.05, 3.63) is 62.3 Å². The van der Waals surface area contributed by atoms with Gasteiger partial charge in [-0.15, -0.1) is 11.3 Å². The monoisotopic (exact) mass is 408 g/mol. The van der Waals surface area contributed by atoms with Gasteiger partial charge in [0.1, 0.15) is 16.0 Å². The first-order valence-electron chi connectivity index (χ1n) is 9.24. The maximum Gasteiger partial charge on any atom is 0.302 e. The number of rotatable bonds is 3. The highest BCUT2D eigenvalue weighted by Gasteiger charge is 2.26. The highest BCUT2D eigenvalue weighted by molar-refractivity contribution is 7.17. The second-order valence-corrected chi connectivity index (χ2v) is 8.08. The summed E-state index contributed by atoms with van der Waals surface area (Å²) in [5.74, 6) is -1.22. The summed E-state index contributed by atoms with van der Waals surface area (Å²) in [6.07, 6.45) is 3.67. The molecule has 0 bridgehead atoms. The number of nitrogens with one attached hydrogen (secondary N) is 1. The number of amides is 2. The molecule has 3 heterocycles. The Morgan fingerprint density at radius 1 is 1.07 bits per heavy atom. The number of para-hydroxylation sites is 1. The number of anilines is 1. The summed E-state index contributed by atoms with van der Waals surface area (Å²) in [4.78, 5) is 38.5. The number of benzene rings is 1. The molecule has 0 saturated carbocycles. The Hall–Kier alpha value is -3.39. The van der Waals surface area contributed by atoms with E-state index in [9.17, 15) is 14.4 Å². The minimum absolute atomic E-state index is 0.0144. The molecule has 8 heteroatoms. The largest absolute Gasteiger partial charge is 0.425 e. The molecule has 146 valence electrons. The van der Waals surface area contributed by atoms with Crippen LogP contribution in [-0.2, 0) is 12.8 Å². The van der Waals surface area contributed by atoms with Gasteiger partial charge in [0.2, 0.25) is 5.43 Å². The molecule has 4 aromatic rings. The number of aryl methyl sites for hydroxylation is 1. The second kappa shape index (κ2) is 6.59. The Morgan fingerprint density at radius 3 is 2.69 bits per heavy atom. The van der Waals surface area contributed by atoms with E-state index in [0.29, 0.717) is 21.5 Å². The van der Waals surface area contributed by atoms with E-state index in [2.05, 4.69) is 5.32 Å². The van der Waals surface area contributed by atoms with Gasteiger partial charge in [0.05, 0.1) is 10.9 Å². The Labute approximate surface area is 168 Å². The van der Waals surface area contributed by atoms with Crippen molar-refractivity contribution in [3.8, 4) is 0 Å². The maximum atomic E-state index is 12.8. The van der Waals surface area contributed by atoms with Gasteiger partial charge in [-0.1, -0.05) is 12.1 Å². The first kappa shape index (κ1) is 17.7. The van der Waals surface area contributed by atoms with Crippen molar-refractivity contribution in [2.24, 2.45) is 5.73 Å². The molecule has 0 spiro atoms. The first-order chi connectivity index (χ1) is 14.0. The van der Waals surface area contributed by atoms with Crippen LogP contribution in [-0.4, -0.2) is 11.8 Å². The number of thiophene rings is 1. The predicted molar refractivity (Wildman–Crippen MR) is 110 cm³/mol. The summed E-state index contributed by atoms with van der Waals surface area (Å²) >= 11 is 1.37. The van der Waals surface area contributed by atoms with Crippen LogP contribution in [0.2, 0.25) is 0 Å². The third-order valence-corrected chi connectivity index (χ3v) is 6.35. The minimum Gasteiger partial charge on any atom is -0.425 e. The van der Waals surface area contributed by atoms with Gasteiger partial charge in [-0.2, -0.15) is 0 Å². The van der Waals surface area contributed by atoms with E-state index in [1.54, 1.807) is 24.3 Å². The number of primary amides is 1. The van der Waals surface area contributed by atoms with E-state index < -0.39 is 11.8 Å². The zero-order valence-electron chi connectivity index (χ0n) is 15.2. The van der Waals surface area contributed by atoms with Crippen LogP contribution in [0.1, 0.15) is 44.2 Å². The Bertz CT molecular complexity index is 1360. The van der Waals surface area contributed by atoms with Crippen molar-refractivity contribution in [2.45, 2.75) is 25.7 Å². The normalized spacial score (nSPS) is 13.5. The van der Waals surface area contributed by atoms with Gasteiger partial charge in [-0.05, 0) is 43.4 Å². The fourth-order valence-corrected chi connectivity index (χ4v) is 5.08. The topological polar surface area (TPSA) is 116 Å². The summed E-state index contributed by atoms with van der Waals surface area (Å²) in [6, 6.07) is 8.16. The van der Waals surface area contributed by atoms with Crippen LogP contribution in [0, 0.1) is 0 Å². The van der Waals surface area contributed by atoms with Gasteiger partial charge in [0.25, 0.3) is 11.8 Å². The summed E-state index contributed by atoms with van der Waals surface area (Å²) in [6.45, 7) is 0. The standard InChI is InChI=1S/C21H16N2O5S/c22-18(25)16-11-6-2-4-8-15(11)29-20(16)23-19(26)14-9-12-17(24)10-5-1-3-7-13(10)27-21(12)28-14/h1,3,5,7,9H,2,4,6,8H2,(H2,22,25)(H,23,26). The van der Waals surface area contributed by atoms with Gasteiger partial charge < -0.3 is 19.9 Å². The molecular weight excluding hydrogens is 392 g/mol. The zero-order valence-corrected chi connectivity index (χ0v) is 16.1. The third-order valence-electron chi connectivity index (χ3n) is 5.15. The van der Waals surface area contributed by atoms with E-state index in [4.69, 9.17) is 14.6 Å². The number of hydrogen-bond donors (Lipinski definition) is 2. The van der Waals surface area contributed by atoms with Gasteiger partial charge in [-0.25, -0.2) is 0 Å². The van der Waals surface area contributed by atoms with E-state index in [0.717, 1.165) is 36.1 Å². The number of furan rings is 1. The Balaban J connectivity index is 1.55. The summed E-state index contributed by atoms with van der Waals surface area (Å²) in [5.41, 5.74) is 6.98. The smallest absolute Gasteiger partial charge is 0.302 e. The van der Waals surface area contributed by atoms with Gasteiger partial charge in [0, 0.05) is 10.9 Å². The summed E-state index contributed by atoms with van der Waals surface area (Å²) < 4.78 is 11.1. The maximum absolute atomic E-state index is 12.8. The highest BCUT2D eigenvalue weighted by Crippen LogP contribution is 2.38. The highest BCUT2D eigenvalue weighted by atomic mass is 32.1. The lowest BCUT2D eigenvalue weighted by atomic mass is 9.95. The zero-order chi connectivity index (χ0) is 20.1. The summed E-state index contributed by atoms with van der Waals surface area (Å²) in [5, 5.41) is 3.75. The average molecular weight is 408 g/mol. The van der Waals surface area contributed by atoms with Crippen molar-refractivity contribution >= 4 is 50.3 Å². The summed E-state index contributed by atoms with van der Waals surface area (Å²) in [7, 11) is 0. The molecule has 1 aromatic carbocycles. The van der Waals surface area contributed by atoms with E-state index in [-0.39, 0.29) is 22.4 Å². The lowest BCUT2D eigenvalue weighted by Gasteiger charge is -2.11. The van der Waals surface area contributed by atoms with Gasteiger partial charge in [0.15, 0.2) is 5.76 Å². The molecule has 0 radical (unpaired) electrons. The van der Waals surface area contributed by atoms with Crippen LogP contribution < -0.4 is 16.5 Å². The molecule has 1 aliphatic rings. The van der Waals surface area contributed by atoms with E-state index >= 15 is 0 Å². The molecule has 2 amide bonds. The van der Waals surface area contributed by atoms with Crippen molar-refractivity contribution in [2.75, 3.05) is 5.32 Å². The van der Waals surface area contributed by atoms with E-state index in [1.165, 1.54) is 17.4 Å². The molecule has 0 fully saturated rings. The average Bonchev–Trinajstić information content (AvgIpc) is 3.29. The van der Waals surface area contributed by atoms with Crippen molar-refractivity contribution in [1.82, 2.24) is 0 Å². The van der Waals surface area contributed by atoms with Crippen LogP contribution in [0.15, 0.2) is 44.0 Å². The Morgan fingerprint density at radius 2 is 1.86 bits per heavy atom. The number of nitrogens with two attached hydrogens (primary N) is 1. The molecule has 3 aromatic heterocycles. The van der Waals surface area contributed by atoms with Crippen LogP contribution in [0.3, 0.4) is 0 Å². The molecule has 0 saturated heterocycles. The molecule has 29 heavy (non-hydrogen) atoms. The fraction of sp³-hybridized carbons (Fsp3) is 0.190. The third kappa shape index (κ3) is 2.84. The van der Waals surface area contributed by atoms with Crippen LogP contribution in [0.4, 0.5) is 5.00 Å². The number of carbonyl (C=O) groups is 2. The molecule has 0 atom stereocenters. The van der Waals surface area contributed by atoms with Crippen LogP contribution in [0.5, 0.6) is 0 Å². The van der Waals surface area contributed by atoms with Crippen LogP contribution in [0.25, 0.3) is 22.1 Å². The molecule has 3 N–H and O–H groups in total. The van der Waals surface area contributed by atoms with Gasteiger partial charge >= 0.3 is 5.78 Å². The SMILES string of the molecule is NC(=O)c1c(NC(=O)c2cc3c(=O)c4ccccc4oc3o2)sc2c1CCCC2. The van der Waals surface area contributed by atoms with Gasteiger partial charge in [-0.3, -0.25) is 14.4 Å². The molecular formula is C21H16N2O5S. The van der Waals surface area contributed by atoms with Crippen molar-refractivity contribution in [3.63, 3.8) is 0 Å². The molecule has 0 unspecified atom stereocenters. The van der Waals surface area contributed by atoms with Crippen molar-refractivity contribution < 1.29 is 18.4 Å². The fourth-order valence-electron chi connectivity index (χ4n) is 3.79. The molecule has 7 nitrogen and oxygen atoms in total. The van der Waals surface area contributed by atoms with Crippen LogP contribution >= 0.6 is 11.3 Å². The number of carbonyl (C=O) groups excluding carboxylic acids is 2. The quantitative estimate of drug-likeness (QED) is 0.534. The predicted octanol–water partition coefficient (Wildman–Crippen LogP) is 3.83. The number of hydrogen-bond acceptors (Lipinski definition) is 6.